The Morgan fingerprint density at radius 1 is 0.287 bits per heavy atom. The van der Waals surface area contributed by atoms with E-state index < -0.39 is 34.1 Å². The summed E-state index contributed by atoms with van der Waals surface area (Å²) in [5, 5.41) is 0. The van der Waals surface area contributed by atoms with Crippen LogP contribution in [0.4, 0.5) is 51.7 Å². The highest BCUT2D eigenvalue weighted by Gasteiger charge is 2.49. The second-order valence-electron chi connectivity index (χ2n) is 29.2. The maximum atomic E-state index is 16.9. The van der Waals surface area contributed by atoms with Gasteiger partial charge in [-0.1, -0.05) is 232 Å². The number of hydrogen-bond acceptors (Lipinski definition) is 6. The first-order valence-electron chi connectivity index (χ1n) is 37.1. The van der Waals surface area contributed by atoms with Gasteiger partial charge in [0.15, 0.2) is 0 Å². The van der Waals surface area contributed by atoms with Crippen molar-refractivity contribution in [1.82, 2.24) is 0 Å². The van der Waals surface area contributed by atoms with Crippen LogP contribution < -0.4 is 19.3 Å². The molecule has 0 bridgehead atoms. The number of benzene rings is 14. The van der Waals surface area contributed by atoms with Gasteiger partial charge < -0.3 is 28.7 Å². The van der Waals surface area contributed by atoms with E-state index in [4.69, 9.17) is 18.9 Å². The third kappa shape index (κ3) is 11.5. The Morgan fingerprint density at radius 3 is 0.898 bits per heavy atom. The lowest BCUT2D eigenvalue weighted by molar-refractivity contribution is -0.133. The molecule has 0 aromatic heterocycles. The predicted octanol–water partition coefficient (Wildman–Crippen LogP) is 24.5. The Labute approximate surface area is 627 Å². The molecule has 0 amide bonds. The molecule has 0 N–H and O–H groups in total. The second kappa shape index (κ2) is 27.7. The number of halogens is 4. The molecule has 18 rings (SSSR count). The van der Waals surface area contributed by atoms with Crippen LogP contribution in [0, 0.1) is 34.1 Å². The van der Waals surface area contributed by atoms with Crippen molar-refractivity contribution in [2.45, 2.75) is 37.5 Å². The van der Waals surface area contributed by atoms with Crippen LogP contribution in [0.2, 0.25) is 0 Å². The maximum absolute atomic E-state index is 16.9. The molecule has 2 saturated heterocycles. The number of hydrogen-bond donors (Lipinski definition) is 0. The minimum absolute atomic E-state index is 0.0182. The molecule has 0 radical (unpaired) electrons. The Bertz CT molecular complexity index is 5260. The van der Waals surface area contributed by atoms with Crippen molar-refractivity contribution in [2.24, 2.45) is 10.8 Å². The highest BCUT2D eigenvalue weighted by molar-refractivity contribution is 5.94. The average Bonchev–Trinajstić information content (AvgIpc) is 1.52. The summed E-state index contributed by atoms with van der Waals surface area (Å²) in [6.07, 6.45) is 1.90. The Balaban J connectivity index is 0.735. The molecule has 0 spiro atoms. The molecule has 2 fully saturated rings. The van der Waals surface area contributed by atoms with E-state index in [0.717, 1.165) is 124 Å². The lowest BCUT2D eigenvalue weighted by atomic mass is 9.67. The molecule has 2 heterocycles. The van der Waals surface area contributed by atoms with Crippen LogP contribution in [0.25, 0.3) is 55.6 Å². The monoisotopic (exact) mass is 1420 g/mol. The van der Waals surface area contributed by atoms with Crippen molar-refractivity contribution in [3.63, 3.8) is 0 Å². The number of anilines is 6. The summed E-state index contributed by atoms with van der Waals surface area (Å²) < 4.78 is 92.1. The Morgan fingerprint density at radius 2 is 0.574 bits per heavy atom. The molecule has 2 aliphatic carbocycles. The molecule has 14 aromatic carbocycles. The van der Waals surface area contributed by atoms with E-state index in [1.807, 2.05) is 84.9 Å². The maximum Gasteiger partial charge on any atom is 0.150 e. The van der Waals surface area contributed by atoms with Crippen LogP contribution in [0.15, 0.2) is 328 Å². The van der Waals surface area contributed by atoms with Crippen LogP contribution in [-0.4, -0.2) is 39.6 Å². The Hall–Kier alpha value is -12.1. The molecule has 6 nitrogen and oxygen atoms in total. The normalized spacial score (nSPS) is 16.8. The molecule has 14 aromatic rings. The van der Waals surface area contributed by atoms with E-state index in [1.165, 1.54) is 36.4 Å². The predicted molar refractivity (Wildman–Crippen MR) is 425 cm³/mol. The van der Waals surface area contributed by atoms with Crippen LogP contribution in [0.1, 0.15) is 71.2 Å². The number of fused-ring (bicyclic) bond motifs is 6. The van der Waals surface area contributed by atoms with Crippen molar-refractivity contribution in [3.8, 4) is 67.1 Å². The third-order valence-corrected chi connectivity index (χ3v) is 23.1. The first-order chi connectivity index (χ1) is 53.0. The van der Waals surface area contributed by atoms with E-state index in [0.29, 0.717) is 62.4 Å². The lowest BCUT2D eigenvalue weighted by Crippen LogP contribution is -2.46. The fourth-order valence-corrected chi connectivity index (χ4v) is 16.9. The van der Waals surface area contributed by atoms with Gasteiger partial charge in [0.2, 0.25) is 0 Å². The van der Waals surface area contributed by atoms with E-state index >= 15 is 17.6 Å². The van der Waals surface area contributed by atoms with Crippen molar-refractivity contribution < 1.29 is 36.5 Å². The molecule has 10 heteroatoms. The molecule has 0 saturated carbocycles. The largest absolute Gasteiger partial charge is 0.493 e. The van der Waals surface area contributed by atoms with E-state index in [1.54, 1.807) is 9.80 Å². The van der Waals surface area contributed by atoms with Gasteiger partial charge in [-0.25, -0.2) is 17.6 Å². The summed E-state index contributed by atoms with van der Waals surface area (Å²) in [5.74, 6) is -1.43. The van der Waals surface area contributed by atoms with E-state index in [-0.39, 0.29) is 22.2 Å². The minimum atomic E-state index is -0.931. The van der Waals surface area contributed by atoms with Gasteiger partial charge in [-0.05, 0) is 222 Å². The number of ether oxygens (including phenoxy) is 4. The quantitative estimate of drug-likeness (QED) is 0.0668. The van der Waals surface area contributed by atoms with E-state index in [2.05, 4.69) is 220 Å². The zero-order valence-electron chi connectivity index (χ0n) is 59.9. The summed E-state index contributed by atoms with van der Waals surface area (Å²) in [6.45, 7) is 8.12. The third-order valence-electron chi connectivity index (χ3n) is 23.1. The molecule has 108 heavy (non-hydrogen) atoms. The summed E-state index contributed by atoms with van der Waals surface area (Å²) in [7, 11) is 0. The molecule has 2 unspecified atom stereocenters. The van der Waals surface area contributed by atoms with E-state index in [9.17, 15) is 0 Å². The van der Waals surface area contributed by atoms with Crippen LogP contribution in [0.3, 0.4) is 0 Å². The number of nitrogens with zero attached hydrogens (tertiary/aromatic N) is 2. The van der Waals surface area contributed by atoms with Crippen molar-refractivity contribution in [2.75, 3.05) is 49.4 Å². The van der Waals surface area contributed by atoms with Gasteiger partial charge in [0.05, 0.1) is 61.3 Å². The summed E-state index contributed by atoms with van der Waals surface area (Å²) in [6, 6.07) is 107. The lowest BCUT2D eigenvalue weighted by Gasteiger charge is -2.40. The number of para-hydroxylation sites is 2. The fraction of sp³-hybridized carbons (Fsp3) is 0.143. The first kappa shape index (κ1) is 67.8. The van der Waals surface area contributed by atoms with Gasteiger partial charge in [0, 0.05) is 22.7 Å². The molecule has 530 valence electrons. The van der Waals surface area contributed by atoms with Crippen LogP contribution in [-0.2, 0) is 20.3 Å². The van der Waals surface area contributed by atoms with Gasteiger partial charge in [0.25, 0.3) is 0 Å². The average molecular weight is 1420 g/mol. The highest BCUT2D eigenvalue weighted by atomic mass is 19.1. The highest BCUT2D eigenvalue weighted by Crippen LogP contribution is 2.61. The first-order valence-corrected chi connectivity index (χ1v) is 37.1. The minimum Gasteiger partial charge on any atom is -0.493 e. The summed E-state index contributed by atoms with van der Waals surface area (Å²) in [4.78, 5) is 3.33. The fourth-order valence-electron chi connectivity index (χ4n) is 16.9. The second-order valence-corrected chi connectivity index (χ2v) is 29.2. The van der Waals surface area contributed by atoms with Gasteiger partial charge in [0.1, 0.15) is 46.1 Å². The van der Waals surface area contributed by atoms with Crippen LogP contribution in [0.5, 0.6) is 11.5 Å². The van der Waals surface area contributed by atoms with Gasteiger partial charge in [-0.3, -0.25) is 0 Å². The number of rotatable bonds is 21. The zero-order chi connectivity index (χ0) is 73.1. The van der Waals surface area contributed by atoms with Crippen molar-refractivity contribution in [1.29, 1.82) is 0 Å². The molecule has 4 aliphatic rings. The molecule has 2 atom stereocenters. The zero-order valence-corrected chi connectivity index (χ0v) is 59.9. The summed E-state index contributed by atoms with van der Waals surface area (Å²) >= 11 is 0. The van der Waals surface area contributed by atoms with Gasteiger partial charge >= 0.3 is 0 Å². The van der Waals surface area contributed by atoms with Crippen molar-refractivity contribution >= 4 is 34.1 Å². The SMILES string of the molecule is CCC1(COc2ccc(C3(c4ccccc4)c4cc(-c5ccccc5)ccc4-c4ccc(N(c5ccc(-c6ccc(N(c7ccc8c(c7)C(c7ccccc7)(c7ccc(OCC9(CC)COC9)cc7)c7cc(-c9ccccc9)ccc7-8)c7c(F)cccc7F)cc6)cc5)c5c(F)cccc5F)cc43)cc2)COC1. The topological polar surface area (TPSA) is 43.4 Å². The Kier molecular flexibility index (Phi) is 17.4. The van der Waals surface area contributed by atoms with Gasteiger partial charge in [-0.15, -0.1) is 0 Å². The van der Waals surface area contributed by atoms with Crippen LogP contribution >= 0.6 is 0 Å². The van der Waals surface area contributed by atoms with Crippen molar-refractivity contribution in [3.05, 3.63) is 395 Å². The van der Waals surface area contributed by atoms with Gasteiger partial charge in [-0.2, -0.15) is 0 Å². The summed E-state index contributed by atoms with van der Waals surface area (Å²) in [5.41, 5.74) is 17.7. The standard InChI is InChI=1S/C98H76F4N2O4/c1-3-95(59-105-60-95)63-107-79-47-37-73(38-48-79)97(71-23-13-7-14-24-71)85-55-69(65-19-9-5-10-20-65)35-51-81(85)83-53-45-77(57-87(83)97)103(93-89(99)27-17-28-90(93)100)75-41-31-67(32-42-75)68-33-43-76(44-34-68)104(94-91(101)29-18-30-92(94)102)78-46-54-84-82-52-36-70(66-21-11-6-12-22-66)56-86(82)98(88(84)58-78,72-25-15-8-16-26-72)74-39-49-80(50-40-74)108-64-96(4-2)61-106-62-96/h5-58H,3-4,59-64H2,1-2H3. The molecular formula is C98H76F4N2O4. The smallest absolute Gasteiger partial charge is 0.150 e. The molecular weight excluding hydrogens is 1350 g/mol. The molecule has 2 aliphatic heterocycles.